The smallest absolute Gasteiger partial charge is 0.154 e. The van der Waals surface area contributed by atoms with E-state index in [-0.39, 0.29) is 7.92 Å². The highest BCUT2D eigenvalue weighted by molar-refractivity contribution is 7.63. The third kappa shape index (κ3) is 2.18. The number of pyridine rings is 1. The lowest BCUT2D eigenvalue weighted by atomic mass is 10.2. The van der Waals surface area contributed by atoms with E-state index >= 15 is 0 Å². The SMILES string of the molecule is COc1c(N)cncc1-c1cc(P(C)C)n(C)n1. The average Bonchev–Trinajstić information content (AvgIpc) is 2.71. The molecular weight excluding hydrogens is 247 g/mol. The molecule has 0 aliphatic carbocycles. The minimum absolute atomic E-state index is 0.200. The molecule has 0 amide bonds. The van der Waals surface area contributed by atoms with Crippen LogP contribution < -0.4 is 15.9 Å². The van der Waals surface area contributed by atoms with Gasteiger partial charge >= 0.3 is 0 Å². The van der Waals surface area contributed by atoms with Gasteiger partial charge in [-0.25, -0.2) is 0 Å². The van der Waals surface area contributed by atoms with Crippen LogP contribution in [0, 0.1) is 0 Å². The zero-order valence-corrected chi connectivity index (χ0v) is 11.9. The van der Waals surface area contributed by atoms with E-state index in [4.69, 9.17) is 10.5 Å². The molecule has 18 heavy (non-hydrogen) atoms. The molecule has 0 unspecified atom stereocenters. The summed E-state index contributed by atoms with van der Waals surface area (Å²) in [5.74, 6) is 0.631. The standard InChI is InChI=1S/C12H17N4OP/c1-16-11(18(3)4)5-10(15-16)8-6-14-7-9(13)12(8)17-2/h5-7H,13H2,1-4H3. The van der Waals surface area contributed by atoms with E-state index in [0.29, 0.717) is 11.4 Å². The highest BCUT2D eigenvalue weighted by atomic mass is 31.1. The topological polar surface area (TPSA) is 66.0 Å². The zero-order chi connectivity index (χ0) is 13.3. The van der Waals surface area contributed by atoms with Crippen molar-refractivity contribution < 1.29 is 4.74 Å². The molecule has 2 N–H and O–H groups in total. The molecule has 6 heteroatoms. The molecule has 2 aromatic heterocycles. The van der Waals surface area contributed by atoms with E-state index in [0.717, 1.165) is 11.3 Å². The minimum Gasteiger partial charge on any atom is -0.494 e. The van der Waals surface area contributed by atoms with Crippen LogP contribution in [0.5, 0.6) is 5.75 Å². The lowest BCUT2D eigenvalue weighted by Crippen LogP contribution is -2.10. The quantitative estimate of drug-likeness (QED) is 0.852. The summed E-state index contributed by atoms with van der Waals surface area (Å²) >= 11 is 0. The first-order valence-corrected chi connectivity index (χ1v) is 7.77. The lowest BCUT2D eigenvalue weighted by Gasteiger charge is -2.07. The van der Waals surface area contributed by atoms with Crippen LogP contribution in [0.2, 0.25) is 0 Å². The molecule has 0 saturated heterocycles. The van der Waals surface area contributed by atoms with Gasteiger partial charge in [0.1, 0.15) is 0 Å². The predicted molar refractivity (Wildman–Crippen MR) is 75.8 cm³/mol. The van der Waals surface area contributed by atoms with Crippen LogP contribution in [0.25, 0.3) is 11.3 Å². The maximum absolute atomic E-state index is 5.86. The Hall–Kier alpha value is -1.61. The van der Waals surface area contributed by atoms with Crippen LogP contribution in [0.4, 0.5) is 5.69 Å². The summed E-state index contributed by atoms with van der Waals surface area (Å²) in [6.45, 7) is 4.40. The maximum atomic E-state index is 5.86. The Labute approximate surface area is 108 Å². The van der Waals surface area contributed by atoms with Gasteiger partial charge in [-0.1, -0.05) is 7.92 Å². The number of rotatable bonds is 3. The number of methoxy groups -OCH3 is 1. The summed E-state index contributed by atoms with van der Waals surface area (Å²) in [5, 5.41) is 4.51. The predicted octanol–water partition coefficient (Wildman–Crippen LogP) is 1.44. The Bertz CT molecular complexity index is 565. The van der Waals surface area contributed by atoms with E-state index in [1.54, 1.807) is 19.5 Å². The Morgan fingerprint density at radius 1 is 1.33 bits per heavy atom. The molecular formula is C12H17N4OP. The average molecular weight is 264 g/mol. The highest BCUT2D eigenvalue weighted by Gasteiger charge is 2.15. The molecule has 0 radical (unpaired) electrons. The molecule has 2 rings (SSSR count). The molecule has 2 aromatic rings. The second-order valence-corrected chi connectivity index (χ2v) is 6.46. The van der Waals surface area contributed by atoms with Gasteiger partial charge in [-0.3, -0.25) is 9.67 Å². The lowest BCUT2D eigenvalue weighted by molar-refractivity contribution is 0.418. The molecule has 0 spiro atoms. The van der Waals surface area contributed by atoms with Gasteiger partial charge in [0.15, 0.2) is 5.75 Å². The van der Waals surface area contributed by atoms with Crippen molar-refractivity contribution in [2.24, 2.45) is 7.05 Å². The van der Waals surface area contributed by atoms with E-state index < -0.39 is 0 Å². The monoisotopic (exact) mass is 264 g/mol. The molecule has 0 aromatic carbocycles. The summed E-state index contributed by atoms with van der Waals surface area (Å²) < 4.78 is 7.24. The zero-order valence-electron chi connectivity index (χ0n) is 11.0. The van der Waals surface area contributed by atoms with Crippen LogP contribution in [-0.4, -0.2) is 35.2 Å². The second kappa shape index (κ2) is 4.94. The largest absolute Gasteiger partial charge is 0.494 e. The number of aromatic nitrogens is 3. The van der Waals surface area contributed by atoms with Crippen LogP contribution in [0.3, 0.4) is 0 Å². The minimum atomic E-state index is -0.200. The summed E-state index contributed by atoms with van der Waals surface area (Å²) in [4.78, 5) is 4.10. The first kappa shape index (κ1) is 12.8. The van der Waals surface area contributed by atoms with Crippen LogP contribution >= 0.6 is 7.92 Å². The van der Waals surface area contributed by atoms with Crippen molar-refractivity contribution in [1.29, 1.82) is 0 Å². The number of hydrogen-bond acceptors (Lipinski definition) is 4. The second-order valence-electron chi connectivity index (χ2n) is 4.22. The maximum Gasteiger partial charge on any atom is 0.154 e. The summed E-state index contributed by atoms with van der Waals surface area (Å²) in [5.41, 5.74) is 9.29. The van der Waals surface area contributed by atoms with E-state index in [2.05, 4.69) is 29.5 Å². The number of aryl methyl sites for hydroxylation is 1. The van der Waals surface area contributed by atoms with Crippen LogP contribution in [0.1, 0.15) is 0 Å². The van der Waals surface area contributed by atoms with Gasteiger partial charge in [-0.2, -0.15) is 5.10 Å². The van der Waals surface area contributed by atoms with Crippen LogP contribution in [0.15, 0.2) is 18.5 Å². The van der Waals surface area contributed by atoms with E-state index in [1.807, 2.05) is 11.7 Å². The van der Waals surface area contributed by atoms with Gasteiger partial charge in [0.25, 0.3) is 0 Å². The van der Waals surface area contributed by atoms with Crippen molar-refractivity contribution in [3.8, 4) is 17.0 Å². The molecule has 0 aliphatic heterocycles. The summed E-state index contributed by atoms with van der Waals surface area (Å²) in [6.07, 6.45) is 3.31. The Morgan fingerprint density at radius 3 is 2.61 bits per heavy atom. The van der Waals surface area contributed by atoms with Gasteiger partial charge in [-0.05, 0) is 19.4 Å². The number of nitrogens with two attached hydrogens (primary N) is 1. The summed E-state index contributed by atoms with van der Waals surface area (Å²) in [6, 6.07) is 2.07. The highest BCUT2D eigenvalue weighted by Crippen LogP contribution is 2.34. The number of ether oxygens (including phenoxy) is 1. The number of hydrogen-bond donors (Lipinski definition) is 1. The molecule has 0 atom stereocenters. The van der Waals surface area contributed by atoms with Crippen molar-refractivity contribution in [3.63, 3.8) is 0 Å². The third-order valence-corrected chi connectivity index (χ3v) is 4.05. The molecule has 2 heterocycles. The van der Waals surface area contributed by atoms with Gasteiger partial charge in [0.05, 0.1) is 35.7 Å². The van der Waals surface area contributed by atoms with Crippen molar-refractivity contribution in [2.45, 2.75) is 0 Å². The van der Waals surface area contributed by atoms with Gasteiger partial charge in [-0.15, -0.1) is 0 Å². The first-order valence-electron chi connectivity index (χ1n) is 5.53. The van der Waals surface area contributed by atoms with Crippen molar-refractivity contribution in [2.75, 3.05) is 26.2 Å². The van der Waals surface area contributed by atoms with Crippen molar-refractivity contribution >= 4 is 19.0 Å². The number of nitrogen functional groups attached to an aromatic ring is 1. The molecule has 96 valence electrons. The molecule has 0 bridgehead atoms. The van der Waals surface area contributed by atoms with Gasteiger partial charge in [0.2, 0.25) is 0 Å². The van der Waals surface area contributed by atoms with Gasteiger partial charge < -0.3 is 10.5 Å². The Morgan fingerprint density at radius 2 is 2.06 bits per heavy atom. The molecule has 5 nitrogen and oxygen atoms in total. The fourth-order valence-corrected chi connectivity index (χ4v) is 2.89. The number of anilines is 1. The van der Waals surface area contributed by atoms with E-state index in [9.17, 15) is 0 Å². The molecule has 0 fully saturated rings. The fourth-order valence-electron chi connectivity index (χ4n) is 1.88. The molecule has 0 saturated carbocycles. The van der Waals surface area contributed by atoms with Crippen LogP contribution in [-0.2, 0) is 7.05 Å². The van der Waals surface area contributed by atoms with Crippen molar-refractivity contribution in [3.05, 3.63) is 18.5 Å². The van der Waals surface area contributed by atoms with Crippen molar-refractivity contribution in [1.82, 2.24) is 14.8 Å². The molecule has 0 aliphatic rings. The van der Waals surface area contributed by atoms with Gasteiger partial charge in [0, 0.05) is 13.2 Å². The third-order valence-electron chi connectivity index (χ3n) is 2.72. The normalized spacial score (nSPS) is 10.9. The first-order chi connectivity index (χ1) is 8.54. The van der Waals surface area contributed by atoms with E-state index in [1.165, 1.54) is 5.44 Å². The number of nitrogens with zero attached hydrogens (tertiary/aromatic N) is 3. The Balaban J connectivity index is 2.55. The fraction of sp³-hybridized carbons (Fsp3) is 0.333. The Kier molecular flexibility index (Phi) is 3.53. The summed E-state index contributed by atoms with van der Waals surface area (Å²) in [7, 11) is 3.35.